The predicted molar refractivity (Wildman–Crippen MR) is 128 cm³/mol. The van der Waals surface area contributed by atoms with E-state index in [1.807, 2.05) is 24.3 Å². The van der Waals surface area contributed by atoms with Gasteiger partial charge in [-0.3, -0.25) is 4.79 Å². The van der Waals surface area contributed by atoms with Crippen LogP contribution in [0.25, 0.3) is 5.57 Å². The van der Waals surface area contributed by atoms with Crippen LogP contribution in [0.1, 0.15) is 76.3 Å². The summed E-state index contributed by atoms with van der Waals surface area (Å²) < 4.78 is 0. The van der Waals surface area contributed by atoms with Gasteiger partial charge in [0.2, 0.25) is 0 Å². The van der Waals surface area contributed by atoms with Crippen LogP contribution in [-0.4, -0.2) is 28.2 Å². The standard InChI is InChI=1S/C29H35NO3/c1-27-12-9-23(32)15-22(27)7-8-24-25(27)10-13-28(2)26(24)11-14-29(28,33)16-21(18-31)20-5-3-19(17-30)4-6-20/h3-6,15-16,24-26,31,33H,7-14,18H2,1-2H3/b21-16+/t24-,25+,26+,27+,28+,29-/m1/s1. The second-order valence-corrected chi connectivity index (χ2v) is 11.4. The average Bonchev–Trinajstić information content (AvgIpc) is 3.08. The molecule has 174 valence electrons. The fourth-order valence-corrected chi connectivity index (χ4v) is 8.11. The molecular formula is C29H35NO3. The maximum absolute atomic E-state index is 12.1. The fraction of sp³-hybridized carbons (Fsp3) is 0.586. The van der Waals surface area contributed by atoms with E-state index in [1.54, 1.807) is 12.1 Å². The van der Waals surface area contributed by atoms with Crippen molar-refractivity contribution < 1.29 is 15.0 Å². The highest BCUT2D eigenvalue weighted by Crippen LogP contribution is 2.67. The number of ketones is 1. The molecule has 0 unspecified atom stereocenters. The van der Waals surface area contributed by atoms with Crippen LogP contribution in [0.2, 0.25) is 0 Å². The molecule has 3 saturated carbocycles. The Kier molecular flexibility index (Phi) is 5.42. The molecule has 0 saturated heterocycles. The molecular weight excluding hydrogens is 410 g/mol. The van der Waals surface area contributed by atoms with Crippen LogP contribution in [0.3, 0.4) is 0 Å². The molecule has 0 bridgehead atoms. The lowest BCUT2D eigenvalue weighted by Gasteiger charge is -2.59. The second-order valence-electron chi connectivity index (χ2n) is 11.4. The SMILES string of the molecule is C[C@]12CCC(=O)C=C1CC[C@@H]1[C@@H]2CC[C@@]2(C)[C@H]1CC[C@@]2(O)/C=C(\CO)c1ccc(C#N)cc1. The molecule has 0 radical (unpaired) electrons. The van der Waals surface area contributed by atoms with Crippen LogP contribution in [0.5, 0.6) is 0 Å². The molecule has 4 aliphatic rings. The molecule has 33 heavy (non-hydrogen) atoms. The van der Waals surface area contributed by atoms with E-state index < -0.39 is 5.60 Å². The monoisotopic (exact) mass is 445 g/mol. The van der Waals surface area contributed by atoms with E-state index in [1.165, 1.54) is 5.57 Å². The lowest BCUT2D eigenvalue weighted by Crippen LogP contribution is -2.54. The summed E-state index contributed by atoms with van der Waals surface area (Å²) in [6, 6.07) is 9.37. The van der Waals surface area contributed by atoms with Crippen LogP contribution < -0.4 is 0 Å². The first-order valence-electron chi connectivity index (χ1n) is 12.5. The number of carbonyl (C=O) groups is 1. The molecule has 4 heteroatoms. The highest BCUT2D eigenvalue weighted by atomic mass is 16.3. The van der Waals surface area contributed by atoms with E-state index in [4.69, 9.17) is 5.26 Å². The number of benzene rings is 1. The van der Waals surface area contributed by atoms with E-state index in [0.29, 0.717) is 35.5 Å². The molecule has 0 spiro atoms. The molecule has 0 amide bonds. The van der Waals surface area contributed by atoms with Crippen molar-refractivity contribution in [1.29, 1.82) is 5.26 Å². The molecule has 2 N–H and O–H groups in total. The number of fused-ring (bicyclic) bond motifs is 5. The van der Waals surface area contributed by atoms with Crippen molar-refractivity contribution >= 4 is 11.4 Å². The van der Waals surface area contributed by atoms with E-state index in [9.17, 15) is 15.0 Å². The third-order valence-corrected chi connectivity index (χ3v) is 10.1. The van der Waals surface area contributed by atoms with E-state index in [2.05, 4.69) is 19.9 Å². The number of hydrogen-bond acceptors (Lipinski definition) is 4. The van der Waals surface area contributed by atoms with Crippen LogP contribution in [0.4, 0.5) is 0 Å². The van der Waals surface area contributed by atoms with Gasteiger partial charge in [0.15, 0.2) is 5.78 Å². The lowest BCUT2D eigenvalue weighted by atomic mass is 9.46. The number of nitrogens with zero attached hydrogens (tertiary/aromatic N) is 1. The van der Waals surface area contributed by atoms with Crippen molar-refractivity contribution in [3.63, 3.8) is 0 Å². The minimum atomic E-state index is -0.950. The Labute approximate surface area is 197 Å². The Morgan fingerprint density at radius 3 is 2.52 bits per heavy atom. The molecule has 5 rings (SSSR count). The van der Waals surface area contributed by atoms with Crippen LogP contribution in [0, 0.1) is 39.9 Å². The molecule has 4 nitrogen and oxygen atoms in total. The van der Waals surface area contributed by atoms with Gasteiger partial charge in [0.25, 0.3) is 0 Å². The number of nitriles is 1. The summed E-state index contributed by atoms with van der Waals surface area (Å²) in [5.41, 5.74) is 2.52. The Morgan fingerprint density at radius 2 is 1.82 bits per heavy atom. The summed E-state index contributed by atoms with van der Waals surface area (Å²) in [5.74, 6) is 1.91. The lowest BCUT2D eigenvalue weighted by molar-refractivity contribution is -0.120. The number of hydrogen-bond donors (Lipinski definition) is 2. The van der Waals surface area contributed by atoms with Gasteiger partial charge in [-0.25, -0.2) is 0 Å². The number of allylic oxidation sites excluding steroid dienone is 1. The van der Waals surface area contributed by atoms with Gasteiger partial charge < -0.3 is 10.2 Å². The van der Waals surface area contributed by atoms with Crippen molar-refractivity contribution in [2.45, 2.75) is 70.8 Å². The second kappa shape index (κ2) is 7.93. The summed E-state index contributed by atoms with van der Waals surface area (Å²) in [6.07, 6.45) is 11.4. The molecule has 0 aliphatic heterocycles. The normalized spacial score (nSPS) is 40.3. The van der Waals surface area contributed by atoms with Crippen molar-refractivity contribution in [2.24, 2.45) is 28.6 Å². The quantitative estimate of drug-likeness (QED) is 0.670. The summed E-state index contributed by atoms with van der Waals surface area (Å²) >= 11 is 0. The number of aliphatic hydroxyl groups is 2. The minimum Gasteiger partial charge on any atom is -0.392 e. The van der Waals surface area contributed by atoms with Crippen molar-refractivity contribution in [3.8, 4) is 6.07 Å². The van der Waals surface area contributed by atoms with Gasteiger partial charge in [0, 0.05) is 11.8 Å². The number of carbonyl (C=O) groups excluding carboxylic acids is 1. The van der Waals surface area contributed by atoms with Gasteiger partial charge in [0.05, 0.1) is 23.8 Å². The summed E-state index contributed by atoms with van der Waals surface area (Å²) in [6.45, 7) is 4.52. The van der Waals surface area contributed by atoms with Crippen LogP contribution >= 0.6 is 0 Å². The molecule has 3 fully saturated rings. The van der Waals surface area contributed by atoms with Gasteiger partial charge >= 0.3 is 0 Å². The van der Waals surface area contributed by atoms with Gasteiger partial charge in [-0.15, -0.1) is 0 Å². The van der Waals surface area contributed by atoms with E-state index in [-0.39, 0.29) is 17.4 Å². The summed E-state index contributed by atoms with van der Waals surface area (Å²) in [7, 11) is 0. The average molecular weight is 446 g/mol. The first kappa shape index (κ1) is 22.6. The van der Waals surface area contributed by atoms with Crippen LogP contribution in [-0.2, 0) is 4.79 Å². The highest BCUT2D eigenvalue weighted by Gasteiger charge is 2.63. The molecule has 0 aromatic heterocycles. The molecule has 4 aliphatic carbocycles. The zero-order valence-electron chi connectivity index (χ0n) is 19.8. The van der Waals surface area contributed by atoms with E-state index in [0.717, 1.165) is 56.1 Å². The van der Waals surface area contributed by atoms with Gasteiger partial charge in [-0.1, -0.05) is 31.6 Å². The minimum absolute atomic E-state index is 0.132. The van der Waals surface area contributed by atoms with Crippen molar-refractivity contribution in [2.75, 3.05) is 6.61 Å². The fourth-order valence-electron chi connectivity index (χ4n) is 8.11. The highest BCUT2D eigenvalue weighted by molar-refractivity contribution is 5.91. The van der Waals surface area contributed by atoms with Crippen molar-refractivity contribution in [3.05, 3.63) is 53.1 Å². The zero-order chi connectivity index (χ0) is 23.4. The third-order valence-electron chi connectivity index (χ3n) is 10.1. The molecule has 1 aromatic rings. The maximum Gasteiger partial charge on any atom is 0.155 e. The maximum atomic E-state index is 12.1. The molecule has 0 heterocycles. The number of aliphatic hydroxyl groups excluding tert-OH is 1. The first-order chi connectivity index (χ1) is 15.7. The Hall–Kier alpha value is -2.22. The summed E-state index contributed by atoms with van der Waals surface area (Å²) in [5, 5.41) is 31.3. The van der Waals surface area contributed by atoms with Gasteiger partial charge in [0.1, 0.15) is 0 Å². The largest absolute Gasteiger partial charge is 0.392 e. The number of rotatable bonds is 3. The van der Waals surface area contributed by atoms with Crippen LogP contribution in [0.15, 0.2) is 42.0 Å². The van der Waals surface area contributed by atoms with Crippen molar-refractivity contribution in [1.82, 2.24) is 0 Å². The van der Waals surface area contributed by atoms with E-state index >= 15 is 0 Å². The summed E-state index contributed by atoms with van der Waals surface area (Å²) in [4.78, 5) is 12.1. The smallest absolute Gasteiger partial charge is 0.155 e. The topological polar surface area (TPSA) is 81.3 Å². The Morgan fingerprint density at radius 1 is 1.09 bits per heavy atom. The van der Waals surface area contributed by atoms with Gasteiger partial charge in [-0.2, -0.15) is 5.26 Å². The zero-order valence-corrected chi connectivity index (χ0v) is 19.8. The predicted octanol–water partition coefficient (Wildman–Crippen LogP) is 5.20. The van der Waals surface area contributed by atoms with Gasteiger partial charge in [-0.05, 0) is 104 Å². The molecule has 1 aromatic carbocycles. The first-order valence-corrected chi connectivity index (χ1v) is 12.5. The molecule has 6 atom stereocenters. The Balaban J connectivity index is 1.46. The third kappa shape index (κ3) is 3.35. The Bertz CT molecular complexity index is 1060.